The highest BCUT2D eigenvalue weighted by molar-refractivity contribution is 5.33. The number of halogens is 3. The number of hydrogen-bond acceptors (Lipinski definition) is 1. The molecule has 21 heavy (non-hydrogen) atoms. The van der Waals surface area contributed by atoms with Crippen LogP contribution in [0.5, 0.6) is 0 Å². The maximum Gasteiger partial charge on any atom is 0.389 e. The van der Waals surface area contributed by atoms with Crippen molar-refractivity contribution >= 4 is 0 Å². The van der Waals surface area contributed by atoms with Gasteiger partial charge in [-0.1, -0.05) is 31.2 Å². The molecule has 0 amide bonds. The van der Waals surface area contributed by atoms with E-state index >= 15 is 0 Å². The molecule has 0 radical (unpaired) electrons. The van der Waals surface area contributed by atoms with Crippen molar-refractivity contribution in [3.63, 3.8) is 0 Å². The number of benzene rings is 1. The molecule has 1 nitrogen and oxygen atoms in total. The third kappa shape index (κ3) is 4.73. The number of alkyl halides is 3. The van der Waals surface area contributed by atoms with Gasteiger partial charge in [0.25, 0.3) is 0 Å². The number of aryl methyl sites for hydroxylation is 1. The van der Waals surface area contributed by atoms with Crippen molar-refractivity contribution in [3.8, 4) is 0 Å². The molecule has 0 bridgehead atoms. The van der Waals surface area contributed by atoms with Gasteiger partial charge in [0.15, 0.2) is 0 Å². The van der Waals surface area contributed by atoms with Crippen molar-refractivity contribution in [3.05, 3.63) is 35.4 Å². The fourth-order valence-electron chi connectivity index (χ4n) is 3.44. The highest BCUT2D eigenvalue weighted by Crippen LogP contribution is 2.36. The van der Waals surface area contributed by atoms with E-state index in [1.807, 2.05) is 19.1 Å². The summed E-state index contributed by atoms with van der Waals surface area (Å²) in [5.74, 6) is 0.350. The number of hydrogen-bond donors (Lipinski definition) is 1. The lowest BCUT2D eigenvalue weighted by molar-refractivity contribution is -0.135. The Morgan fingerprint density at radius 2 is 2.05 bits per heavy atom. The van der Waals surface area contributed by atoms with Crippen LogP contribution in [-0.2, 0) is 6.42 Å². The Morgan fingerprint density at radius 3 is 2.76 bits per heavy atom. The molecule has 0 heterocycles. The molecule has 4 heteroatoms. The molecule has 0 fully saturated rings. The molecule has 0 saturated carbocycles. The molecule has 2 unspecified atom stereocenters. The van der Waals surface area contributed by atoms with Crippen molar-refractivity contribution in [2.45, 2.75) is 63.6 Å². The zero-order chi connectivity index (χ0) is 15.3. The quantitative estimate of drug-likeness (QED) is 0.794. The molecule has 0 aliphatic heterocycles. The van der Waals surface area contributed by atoms with E-state index in [4.69, 9.17) is 0 Å². The minimum atomic E-state index is -4.04. The lowest BCUT2D eigenvalue weighted by Gasteiger charge is -2.33. The van der Waals surface area contributed by atoms with Crippen LogP contribution in [0.2, 0.25) is 0 Å². The van der Waals surface area contributed by atoms with Crippen molar-refractivity contribution < 1.29 is 13.2 Å². The minimum absolute atomic E-state index is 0.152. The van der Waals surface area contributed by atoms with E-state index in [1.54, 1.807) is 0 Å². The first-order chi connectivity index (χ1) is 10.0. The summed E-state index contributed by atoms with van der Waals surface area (Å²) in [4.78, 5) is 0. The second-order valence-electron chi connectivity index (χ2n) is 5.87. The van der Waals surface area contributed by atoms with Crippen LogP contribution in [0, 0.1) is 0 Å². The maximum atomic E-state index is 12.4. The third-order valence-corrected chi connectivity index (χ3v) is 4.34. The van der Waals surface area contributed by atoms with Gasteiger partial charge in [-0.25, -0.2) is 0 Å². The molecular formula is C17H24F3N. The van der Waals surface area contributed by atoms with Crippen LogP contribution in [0.3, 0.4) is 0 Å². The predicted molar refractivity (Wildman–Crippen MR) is 79.5 cm³/mol. The number of likely N-dealkylation sites (N-methyl/N-ethyl adjacent to an activating group) is 1. The van der Waals surface area contributed by atoms with E-state index < -0.39 is 12.6 Å². The van der Waals surface area contributed by atoms with Crippen LogP contribution in [0.4, 0.5) is 13.2 Å². The number of nitrogens with one attached hydrogen (secondary N) is 1. The van der Waals surface area contributed by atoms with Crippen LogP contribution in [0.25, 0.3) is 0 Å². The SMILES string of the molecule is CCNC(CCCC(F)(F)F)C1CCCc2ccccc21. The molecule has 2 rings (SSSR count). The first-order valence-electron chi connectivity index (χ1n) is 7.89. The monoisotopic (exact) mass is 299 g/mol. The zero-order valence-corrected chi connectivity index (χ0v) is 12.5. The van der Waals surface area contributed by atoms with E-state index in [0.29, 0.717) is 12.3 Å². The Morgan fingerprint density at radius 1 is 1.29 bits per heavy atom. The molecule has 1 aromatic carbocycles. The Hall–Kier alpha value is -1.03. The second kappa shape index (κ2) is 7.30. The van der Waals surface area contributed by atoms with Gasteiger partial charge in [-0.2, -0.15) is 13.2 Å². The fourth-order valence-corrected chi connectivity index (χ4v) is 3.44. The van der Waals surface area contributed by atoms with Gasteiger partial charge in [0.2, 0.25) is 0 Å². The lowest BCUT2D eigenvalue weighted by atomic mass is 9.77. The molecule has 1 aliphatic rings. The summed E-state index contributed by atoms with van der Waals surface area (Å²) in [5, 5.41) is 3.41. The van der Waals surface area contributed by atoms with Gasteiger partial charge in [-0.3, -0.25) is 0 Å². The maximum absolute atomic E-state index is 12.4. The van der Waals surface area contributed by atoms with Crippen molar-refractivity contribution in [2.75, 3.05) is 6.54 Å². The van der Waals surface area contributed by atoms with Crippen molar-refractivity contribution in [1.82, 2.24) is 5.32 Å². The van der Waals surface area contributed by atoms with Crippen molar-refractivity contribution in [2.24, 2.45) is 0 Å². The van der Waals surface area contributed by atoms with Crippen LogP contribution < -0.4 is 5.32 Å². The fraction of sp³-hybridized carbons (Fsp3) is 0.647. The molecule has 1 aromatic rings. The highest BCUT2D eigenvalue weighted by Gasteiger charge is 2.30. The summed E-state index contributed by atoms with van der Waals surface area (Å²) < 4.78 is 37.1. The number of fused-ring (bicyclic) bond motifs is 1. The van der Waals surface area contributed by atoms with Gasteiger partial charge in [0.1, 0.15) is 0 Å². The third-order valence-electron chi connectivity index (χ3n) is 4.34. The van der Waals surface area contributed by atoms with E-state index in [-0.39, 0.29) is 12.5 Å². The molecule has 1 N–H and O–H groups in total. The molecule has 1 aliphatic carbocycles. The lowest BCUT2D eigenvalue weighted by Crippen LogP contribution is -2.36. The summed E-state index contributed by atoms with van der Waals surface area (Å²) in [6.45, 7) is 2.82. The van der Waals surface area contributed by atoms with E-state index in [1.165, 1.54) is 11.1 Å². The second-order valence-corrected chi connectivity index (χ2v) is 5.87. The standard InChI is InChI=1S/C17H24F3N/c1-2-21-16(11-6-12-17(18,19)20)15-10-5-8-13-7-3-4-9-14(13)15/h3-4,7,9,15-16,21H,2,5-6,8,10-12H2,1H3. The van der Waals surface area contributed by atoms with E-state index in [2.05, 4.69) is 17.4 Å². The molecule has 118 valence electrons. The van der Waals surface area contributed by atoms with Gasteiger partial charge in [-0.05, 0) is 55.7 Å². The van der Waals surface area contributed by atoms with Gasteiger partial charge in [0, 0.05) is 12.5 Å². The number of rotatable bonds is 6. The molecule has 2 atom stereocenters. The normalized spacial score (nSPS) is 20.1. The Bertz CT molecular complexity index is 442. The smallest absolute Gasteiger partial charge is 0.314 e. The van der Waals surface area contributed by atoms with Gasteiger partial charge in [0.05, 0.1) is 0 Å². The van der Waals surface area contributed by atoms with Gasteiger partial charge < -0.3 is 5.32 Å². The molecule has 0 spiro atoms. The van der Waals surface area contributed by atoms with Crippen LogP contribution in [0.15, 0.2) is 24.3 Å². The van der Waals surface area contributed by atoms with Crippen molar-refractivity contribution in [1.29, 1.82) is 0 Å². The summed E-state index contributed by atoms with van der Waals surface area (Å²) in [5.41, 5.74) is 2.70. The summed E-state index contributed by atoms with van der Waals surface area (Å²) in [6.07, 6.45) is -0.631. The minimum Gasteiger partial charge on any atom is -0.314 e. The molecular weight excluding hydrogens is 275 g/mol. The Kier molecular flexibility index (Phi) is 5.68. The van der Waals surface area contributed by atoms with E-state index in [9.17, 15) is 13.2 Å². The first kappa shape index (κ1) is 16.3. The van der Waals surface area contributed by atoms with Gasteiger partial charge in [-0.15, -0.1) is 0 Å². The zero-order valence-electron chi connectivity index (χ0n) is 12.5. The largest absolute Gasteiger partial charge is 0.389 e. The average Bonchev–Trinajstić information content (AvgIpc) is 2.44. The highest BCUT2D eigenvalue weighted by atomic mass is 19.4. The first-order valence-corrected chi connectivity index (χ1v) is 7.89. The summed E-state index contributed by atoms with van der Waals surface area (Å²) in [7, 11) is 0. The summed E-state index contributed by atoms with van der Waals surface area (Å²) >= 11 is 0. The van der Waals surface area contributed by atoms with E-state index in [0.717, 1.165) is 25.8 Å². The van der Waals surface area contributed by atoms with Crippen LogP contribution in [0.1, 0.15) is 56.1 Å². The Balaban J connectivity index is 2.05. The topological polar surface area (TPSA) is 12.0 Å². The Labute approximate surface area is 124 Å². The van der Waals surface area contributed by atoms with Crippen LogP contribution in [-0.4, -0.2) is 18.8 Å². The molecule has 0 saturated heterocycles. The van der Waals surface area contributed by atoms with Crippen LogP contribution >= 0.6 is 0 Å². The summed E-state index contributed by atoms with van der Waals surface area (Å²) in [6, 6.07) is 8.54. The average molecular weight is 299 g/mol. The van der Waals surface area contributed by atoms with Gasteiger partial charge >= 0.3 is 6.18 Å². The molecule has 0 aromatic heterocycles. The predicted octanol–water partition coefficient (Wildman–Crippen LogP) is 4.82.